The topological polar surface area (TPSA) is 87.1 Å². The van der Waals surface area contributed by atoms with Crippen LogP contribution in [0.15, 0.2) is 0 Å². The summed E-state index contributed by atoms with van der Waals surface area (Å²) >= 11 is -1.99. The van der Waals surface area contributed by atoms with Crippen molar-refractivity contribution in [2.45, 2.75) is 25.3 Å². The lowest BCUT2D eigenvalue weighted by molar-refractivity contribution is -0.142. The molecule has 0 saturated carbocycles. The molecule has 6 nitrogen and oxygen atoms in total. The van der Waals surface area contributed by atoms with Gasteiger partial charge in [0.15, 0.2) is 0 Å². The zero-order valence-electron chi connectivity index (χ0n) is 8.29. The molecule has 1 rings (SSSR count). The van der Waals surface area contributed by atoms with E-state index in [0.29, 0.717) is 6.54 Å². The van der Waals surface area contributed by atoms with Crippen LogP contribution in [-0.2, 0) is 20.8 Å². The summed E-state index contributed by atoms with van der Waals surface area (Å²) in [4.78, 5) is 10.2. The first kappa shape index (κ1) is 12.6. The number of rotatable bonds is 5. The molecule has 0 aliphatic carbocycles. The lowest BCUT2D eigenvalue weighted by Gasteiger charge is -2.31. The lowest BCUT2D eigenvalue weighted by atomic mass is 10.1. The first-order chi connectivity index (χ1) is 7.11. The van der Waals surface area contributed by atoms with Crippen molar-refractivity contribution < 1.29 is 23.4 Å². The van der Waals surface area contributed by atoms with E-state index in [1.807, 2.05) is 0 Å². The summed E-state index contributed by atoms with van der Waals surface area (Å²) in [6.45, 7) is 0.394. The smallest absolute Gasteiger partial charge is 0.329 e. The average molecular weight is 237 g/mol. The number of carboxylic acids is 1. The van der Waals surface area contributed by atoms with Crippen LogP contribution in [0.1, 0.15) is 19.3 Å². The summed E-state index contributed by atoms with van der Waals surface area (Å²) in [5, 5.41) is 8.37. The zero-order valence-corrected chi connectivity index (χ0v) is 9.11. The summed E-state index contributed by atoms with van der Waals surface area (Å²) < 4.78 is 26.3. The van der Waals surface area contributed by atoms with Crippen molar-refractivity contribution in [1.82, 2.24) is 4.31 Å². The fourth-order valence-electron chi connectivity index (χ4n) is 1.63. The maximum Gasteiger partial charge on any atom is 0.329 e. The van der Waals surface area contributed by atoms with Gasteiger partial charge in [-0.15, -0.1) is 0 Å². The summed E-state index contributed by atoms with van der Waals surface area (Å²) in [5.74, 6) is -1.03. The molecule has 2 unspecified atom stereocenters. The minimum absolute atomic E-state index is 0.149. The Morgan fingerprint density at radius 3 is 2.87 bits per heavy atom. The normalized spacial score (nSPS) is 25.0. The summed E-state index contributed by atoms with van der Waals surface area (Å²) in [5.41, 5.74) is 0. The van der Waals surface area contributed by atoms with E-state index in [9.17, 15) is 9.00 Å². The third-order valence-corrected chi connectivity index (χ3v) is 3.19. The highest BCUT2D eigenvalue weighted by Gasteiger charge is 2.26. The van der Waals surface area contributed by atoms with Crippen molar-refractivity contribution in [2.24, 2.45) is 0 Å². The predicted octanol–water partition coefficient (Wildman–Crippen LogP) is 0.0788. The number of carbonyl (C=O) groups is 1. The van der Waals surface area contributed by atoms with Crippen LogP contribution in [0.4, 0.5) is 0 Å². The molecule has 0 spiro atoms. The van der Waals surface area contributed by atoms with E-state index in [1.54, 1.807) is 0 Å². The second kappa shape index (κ2) is 6.16. The van der Waals surface area contributed by atoms with Gasteiger partial charge >= 0.3 is 5.97 Å². The third kappa shape index (κ3) is 4.25. The van der Waals surface area contributed by atoms with Crippen LogP contribution in [0, 0.1) is 0 Å². The van der Waals surface area contributed by atoms with Crippen molar-refractivity contribution in [1.29, 1.82) is 0 Å². The Kier molecular flexibility index (Phi) is 5.16. The van der Waals surface area contributed by atoms with Crippen molar-refractivity contribution >= 4 is 17.2 Å². The number of piperidine rings is 1. The number of hydrogen-bond acceptors (Lipinski definition) is 3. The van der Waals surface area contributed by atoms with Crippen molar-refractivity contribution in [2.75, 3.05) is 19.8 Å². The number of ether oxygens (including phenoxy) is 1. The molecule has 2 atom stereocenters. The Hall–Kier alpha value is -0.500. The molecule has 0 aromatic carbocycles. The van der Waals surface area contributed by atoms with Gasteiger partial charge in [-0.05, 0) is 12.8 Å². The molecule has 0 bridgehead atoms. The number of nitrogens with zero attached hydrogens (tertiary/aromatic N) is 1. The molecule has 7 heteroatoms. The number of aliphatic carboxylic acids is 1. The lowest BCUT2D eigenvalue weighted by Crippen LogP contribution is -2.43. The van der Waals surface area contributed by atoms with Crippen LogP contribution < -0.4 is 0 Å². The maximum atomic E-state index is 10.9. The Morgan fingerprint density at radius 1 is 1.53 bits per heavy atom. The molecule has 0 aromatic rings. The Bertz CT molecular complexity index is 247. The summed E-state index contributed by atoms with van der Waals surface area (Å²) in [6, 6.07) is -0.149. The van der Waals surface area contributed by atoms with Gasteiger partial charge in [0.05, 0.1) is 6.61 Å². The molecule has 88 valence electrons. The van der Waals surface area contributed by atoms with Gasteiger partial charge in [-0.1, -0.05) is 6.42 Å². The second-order valence-electron chi connectivity index (χ2n) is 3.43. The molecule has 1 saturated heterocycles. The Morgan fingerprint density at radius 2 is 2.27 bits per heavy atom. The largest absolute Gasteiger partial charge is 0.480 e. The number of hydrogen-bond donors (Lipinski definition) is 2. The highest BCUT2D eigenvalue weighted by atomic mass is 32.2. The van der Waals surface area contributed by atoms with Gasteiger partial charge in [0.25, 0.3) is 0 Å². The minimum Gasteiger partial charge on any atom is -0.480 e. The van der Waals surface area contributed by atoms with Crippen molar-refractivity contribution in [3.8, 4) is 0 Å². The van der Waals surface area contributed by atoms with Gasteiger partial charge in [-0.3, -0.25) is 4.55 Å². The standard InChI is InChI=1S/C8H15NO5S/c10-8(11)6-14-5-7-3-1-2-4-9(7)15(12)13/h7H,1-6H2,(H,10,11)(H,12,13). The van der Waals surface area contributed by atoms with E-state index in [4.69, 9.17) is 14.4 Å². The van der Waals surface area contributed by atoms with Gasteiger partial charge in [-0.25, -0.2) is 9.00 Å². The Labute approximate surface area is 90.6 Å². The average Bonchev–Trinajstić information content (AvgIpc) is 2.17. The van der Waals surface area contributed by atoms with Gasteiger partial charge in [0.1, 0.15) is 6.61 Å². The van der Waals surface area contributed by atoms with Crippen molar-refractivity contribution in [3.63, 3.8) is 0 Å². The monoisotopic (exact) mass is 237 g/mol. The van der Waals surface area contributed by atoms with E-state index in [1.165, 1.54) is 4.31 Å². The fourth-order valence-corrected chi connectivity index (χ4v) is 2.34. The van der Waals surface area contributed by atoms with Crippen LogP contribution in [-0.4, -0.2) is 49.9 Å². The van der Waals surface area contributed by atoms with Gasteiger partial charge < -0.3 is 9.84 Å². The first-order valence-corrected chi connectivity index (χ1v) is 5.85. The molecule has 15 heavy (non-hydrogen) atoms. The van der Waals surface area contributed by atoms with Crippen LogP contribution in [0.5, 0.6) is 0 Å². The minimum atomic E-state index is -1.99. The maximum absolute atomic E-state index is 10.9. The highest BCUT2D eigenvalue weighted by molar-refractivity contribution is 7.76. The molecule has 0 amide bonds. The molecule has 0 aromatic heterocycles. The molecular weight excluding hydrogens is 222 g/mol. The third-order valence-electron chi connectivity index (χ3n) is 2.31. The van der Waals surface area contributed by atoms with E-state index < -0.39 is 17.2 Å². The molecule has 1 heterocycles. The van der Waals surface area contributed by atoms with Gasteiger partial charge in [0.2, 0.25) is 11.3 Å². The predicted molar refractivity (Wildman–Crippen MR) is 53.6 cm³/mol. The van der Waals surface area contributed by atoms with E-state index in [2.05, 4.69) is 0 Å². The van der Waals surface area contributed by atoms with Crippen LogP contribution in [0.3, 0.4) is 0 Å². The van der Waals surface area contributed by atoms with Gasteiger partial charge in [0, 0.05) is 12.6 Å². The quantitative estimate of drug-likeness (QED) is 0.661. The Balaban J connectivity index is 2.36. The summed E-state index contributed by atoms with van der Waals surface area (Å²) in [7, 11) is 0. The van der Waals surface area contributed by atoms with Crippen molar-refractivity contribution in [3.05, 3.63) is 0 Å². The second-order valence-corrected chi connectivity index (χ2v) is 4.36. The molecule has 1 aliphatic rings. The van der Waals surface area contributed by atoms with Gasteiger partial charge in [-0.2, -0.15) is 4.31 Å². The highest BCUT2D eigenvalue weighted by Crippen LogP contribution is 2.18. The SMILES string of the molecule is O=C(O)COCC1CCCCN1S(=O)O. The van der Waals surface area contributed by atoms with Crippen LogP contribution in [0.25, 0.3) is 0 Å². The molecule has 0 radical (unpaired) electrons. The first-order valence-electron chi connectivity index (χ1n) is 4.78. The van der Waals surface area contributed by atoms with E-state index in [-0.39, 0.29) is 19.3 Å². The van der Waals surface area contributed by atoms with E-state index in [0.717, 1.165) is 19.3 Å². The molecule has 1 aliphatic heterocycles. The fraction of sp³-hybridized carbons (Fsp3) is 0.875. The number of carboxylic acid groups (broad SMARTS) is 1. The molecule has 2 N–H and O–H groups in total. The van der Waals surface area contributed by atoms with Crippen LogP contribution >= 0.6 is 0 Å². The van der Waals surface area contributed by atoms with Crippen LogP contribution in [0.2, 0.25) is 0 Å². The molecular formula is C8H15NO5S. The van der Waals surface area contributed by atoms with E-state index >= 15 is 0 Å². The summed E-state index contributed by atoms with van der Waals surface area (Å²) in [6.07, 6.45) is 2.64. The molecule has 1 fully saturated rings. The zero-order chi connectivity index (χ0) is 11.3.